The monoisotopic (exact) mass is 312 g/mol. The van der Waals surface area contributed by atoms with Gasteiger partial charge in [-0.1, -0.05) is 52.4 Å². The van der Waals surface area contributed by atoms with Crippen LogP contribution in [0.25, 0.3) is 0 Å². The molecule has 2 unspecified atom stereocenters. The highest BCUT2D eigenvalue weighted by molar-refractivity contribution is 5.85. The lowest BCUT2D eigenvalue weighted by molar-refractivity contribution is -0.125. The zero-order chi connectivity index (χ0) is 17.2. The van der Waals surface area contributed by atoms with E-state index in [0.717, 1.165) is 38.5 Å². The minimum atomic E-state index is -1.07. The molecule has 0 heterocycles. The molecule has 0 saturated carbocycles. The molecular formula is C16H32N4O2. The summed E-state index contributed by atoms with van der Waals surface area (Å²) in [5.41, 5.74) is 8.80. The van der Waals surface area contributed by atoms with Gasteiger partial charge in [-0.05, 0) is 26.7 Å². The third kappa shape index (κ3) is 6.54. The number of rotatable bonds is 12. The number of primary amides is 2. The van der Waals surface area contributed by atoms with E-state index in [-0.39, 0.29) is 0 Å². The van der Waals surface area contributed by atoms with Gasteiger partial charge in [0.2, 0.25) is 11.8 Å². The Bertz CT molecular complexity index is 362. The lowest BCUT2D eigenvalue weighted by Gasteiger charge is -2.24. The summed E-state index contributed by atoms with van der Waals surface area (Å²) in [5.74, 6) is -1.04. The molecule has 4 N–H and O–H groups in total. The van der Waals surface area contributed by atoms with Crippen LogP contribution in [0, 0.1) is 0 Å². The van der Waals surface area contributed by atoms with Gasteiger partial charge >= 0.3 is 0 Å². The summed E-state index contributed by atoms with van der Waals surface area (Å²) in [7, 11) is 0. The SMILES string of the molecule is CCCCCC(C)(N=NC(C)(CCCCC)C(N)=O)C(N)=O. The van der Waals surface area contributed by atoms with Crippen molar-refractivity contribution in [3.05, 3.63) is 0 Å². The van der Waals surface area contributed by atoms with E-state index in [9.17, 15) is 9.59 Å². The maximum absolute atomic E-state index is 11.7. The molecule has 0 rings (SSSR count). The van der Waals surface area contributed by atoms with E-state index in [2.05, 4.69) is 24.1 Å². The Hall–Kier alpha value is -1.46. The van der Waals surface area contributed by atoms with Crippen LogP contribution in [0.15, 0.2) is 10.2 Å². The Morgan fingerprint density at radius 1 is 0.773 bits per heavy atom. The van der Waals surface area contributed by atoms with Crippen LogP contribution in [0.2, 0.25) is 0 Å². The fourth-order valence-electron chi connectivity index (χ4n) is 2.10. The largest absolute Gasteiger partial charge is 0.368 e. The molecule has 22 heavy (non-hydrogen) atoms. The summed E-state index contributed by atoms with van der Waals surface area (Å²) < 4.78 is 0. The zero-order valence-electron chi connectivity index (χ0n) is 14.5. The Kier molecular flexibility index (Phi) is 8.90. The minimum Gasteiger partial charge on any atom is -0.368 e. The predicted octanol–water partition coefficient (Wildman–Crippen LogP) is 3.09. The van der Waals surface area contributed by atoms with E-state index in [1.54, 1.807) is 13.8 Å². The first-order chi connectivity index (χ1) is 10.2. The summed E-state index contributed by atoms with van der Waals surface area (Å²) >= 11 is 0. The number of amides is 2. The quantitative estimate of drug-likeness (QED) is 0.426. The van der Waals surface area contributed by atoms with Crippen molar-refractivity contribution in [1.82, 2.24) is 0 Å². The second-order valence-electron chi connectivity index (χ2n) is 6.39. The summed E-state index contributed by atoms with van der Waals surface area (Å²) in [6.45, 7) is 7.51. The molecule has 0 fully saturated rings. The van der Waals surface area contributed by atoms with E-state index in [0.29, 0.717) is 12.8 Å². The number of nitrogens with zero attached hydrogens (tertiary/aromatic N) is 2. The Morgan fingerprint density at radius 3 is 1.32 bits per heavy atom. The summed E-state index contributed by atoms with van der Waals surface area (Å²) in [6, 6.07) is 0. The fraction of sp³-hybridized carbons (Fsp3) is 0.875. The van der Waals surface area contributed by atoms with Gasteiger partial charge in [0.25, 0.3) is 0 Å². The molecule has 0 aromatic carbocycles. The van der Waals surface area contributed by atoms with E-state index >= 15 is 0 Å². The predicted molar refractivity (Wildman–Crippen MR) is 88.3 cm³/mol. The van der Waals surface area contributed by atoms with Crippen LogP contribution in [0.5, 0.6) is 0 Å². The van der Waals surface area contributed by atoms with Crippen molar-refractivity contribution < 1.29 is 9.59 Å². The molecular weight excluding hydrogens is 280 g/mol. The minimum absolute atomic E-state index is 0.521. The molecule has 0 aromatic heterocycles. The van der Waals surface area contributed by atoms with Crippen LogP contribution in [-0.2, 0) is 9.59 Å². The fourth-order valence-corrected chi connectivity index (χ4v) is 2.10. The van der Waals surface area contributed by atoms with Crippen LogP contribution >= 0.6 is 0 Å². The van der Waals surface area contributed by atoms with Gasteiger partial charge in [0.1, 0.15) is 0 Å². The van der Waals surface area contributed by atoms with E-state index < -0.39 is 22.9 Å². The number of azo groups is 1. The lowest BCUT2D eigenvalue weighted by atomic mass is 9.93. The van der Waals surface area contributed by atoms with Crippen molar-refractivity contribution in [1.29, 1.82) is 0 Å². The molecule has 6 heteroatoms. The molecule has 0 aliphatic rings. The van der Waals surface area contributed by atoms with Gasteiger partial charge in [-0.3, -0.25) is 9.59 Å². The summed E-state index contributed by atoms with van der Waals surface area (Å²) in [4.78, 5) is 23.4. The van der Waals surface area contributed by atoms with Gasteiger partial charge in [-0.25, -0.2) is 0 Å². The van der Waals surface area contributed by atoms with E-state index in [1.165, 1.54) is 0 Å². The Morgan fingerprint density at radius 2 is 1.09 bits per heavy atom. The summed E-state index contributed by atoms with van der Waals surface area (Å²) in [6.07, 6.45) is 6.84. The van der Waals surface area contributed by atoms with Gasteiger partial charge in [-0.15, -0.1) is 0 Å². The standard InChI is InChI=1S/C16H32N4O2/c1-5-7-9-11-15(3,13(17)21)19-20-16(4,14(18)22)12-10-8-6-2/h5-12H2,1-4H3,(H2,17,21)(H2,18,22). The molecule has 6 nitrogen and oxygen atoms in total. The normalized spacial score (nSPS) is 17.1. The number of carbonyl (C=O) groups is 2. The number of nitrogens with two attached hydrogens (primary N) is 2. The van der Waals surface area contributed by atoms with Crippen molar-refractivity contribution in [3.63, 3.8) is 0 Å². The number of hydrogen-bond donors (Lipinski definition) is 2. The number of unbranched alkanes of at least 4 members (excludes halogenated alkanes) is 4. The molecule has 0 aliphatic heterocycles. The summed E-state index contributed by atoms with van der Waals surface area (Å²) in [5, 5.41) is 8.30. The van der Waals surface area contributed by atoms with Crippen molar-refractivity contribution >= 4 is 11.8 Å². The second-order valence-corrected chi connectivity index (χ2v) is 6.39. The van der Waals surface area contributed by atoms with Crippen molar-refractivity contribution in [2.45, 2.75) is 90.1 Å². The maximum atomic E-state index is 11.7. The van der Waals surface area contributed by atoms with Gasteiger partial charge in [0, 0.05) is 0 Å². The van der Waals surface area contributed by atoms with Crippen LogP contribution < -0.4 is 11.5 Å². The van der Waals surface area contributed by atoms with Crippen LogP contribution in [0.3, 0.4) is 0 Å². The molecule has 0 aromatic rings. The molecule has 128 valence electrons. The van der Waals surface area contributed by atoms with Crippen LogP contribution in [-0.4, -0.2) is 22.9 Å². The molecule has 2 amide bonds. The van der Waals surface area contributed by atoms with E-state index in [1.807, 2.05) is 0 Å². The first kappa shape index (κ1) is 20.5. The molecule has 0 saturated heterocycles. The molecule has 2 atom stereocenters. The highest BCUT2D eigenvalue weighted by atomic mass is 16.2. The lowest BCUT2D eigenvalue weighted by Crippen LogP contribution is -2.42. The van der Waals surface area contributed by atoms with Crippen molar-refractivity contribution in [2.24, 2.45) is 21.7 Å². The average Bonchev–Trinajstić information content (AvgIpc) is 2.45. The third-order valence-electron chi connectivity index (χ3n) is 4.09. The highest BCUT2D eigenvalue weighted by Crippen LogP contribution is 2.25. The average molecular weight is 312 g/mol. The first-order valence-electron chi connectivity index (χ1n) is 8.25. The van der Waals surface area contributed by atoms with E-state index in [4.69, 9.17) is 11.5 Å². The molecule has 0 bridgehead atoms. The third-order valence-corrected chi connectivity index (χ3v) is 4.09. The molecule has 0 spiro atoms. The highest BCUT2D eigenvalue weighted by Gasteiger charge is 2.35. The number of hydrogen-bond acceptors (Lipinski definition) is 4. The Balaban J connectivity index is 5.06. The Labute approximate surface area is 134 Å². The van der Waals surface area contributed by atoms with Gasteiger partial charge in [-0.2, -0.15) is 10.2 Å². The second kappa shape index (κ2) is 9.54. The smallest absolute Gasteiger partial charge is 0.246 e. The van der Waals surface area contributed by atoms with Gasteiger partial charge in [0.05, 0.1) is 0 Å². The van der Waals surface area contributed by atoms with Crippen molar-refractivity contribution in [2.75, 3.05) is 0 Å². The van der Waals surface area contributed by atoms with Crippen LogP contribution in [0.1, 0.15) is 79.1 Å². The molecule has 0 aliphatic carbocycles. The van der Waals surface area contributed by atoms with Crippen LogP contribution in [0.4, 0.5) is 0 Å². The number of carbonyl (C=O) groups excluding carboxylic acids is 2. The zero-order valence-corrected chi connectivity index (χ0v) is 14.5. The van der Waals surface area contributed by atoms with Crippen molar-refractivity contribution in [3.8, 4) is 0 Å². The first-order valence-corrected chi connectivity index (χ1v) is 8.25. The topological polar surface area (TPSA) is 111 Å². The maximum Gasteiger partial charge on any atom is 0.246 e. The van der Waals surface area contributed by atoms with Gasteiger partial charge in [0.15, 0.2) is 11.1 Å². The van der Waals surface area contributed by atoms with Gasteiger partial charge < -0.3 is 11.5 Å². The molecule has 0 radical (unpaired) electrons.